The molecule has 3 N–H and O–H groups in total. The molecule has 0 amide bonds. The fourth-order valence-corrected chi connectivity index (χ4v) is 6.87. The minimum Gasteiger partial charge on any atom is -0.502 e. The van der Waals surface area contributed by atoms with Gasteiger partial charge < -0.3 is 58.0 Å². The molecule has 13 heteroatoms. The van der Waals surface area contributed by atoms with Gasteiger partial charge in [0.15, 0.2) is 35.1 Å². The molecule has 3 fully saturated rings. The highest BCUT2D eigenvalue weighted by atomic mass is 16.8. The van der Waals surface area contributed by atoms with E-state index in [-0.39, 0.29) is 37.3 Å². The monoisotopic (exact) mass is 602 g/mol. The highest BCUT2D eigenvalue weighted by molar-refractivity contribution is 5.79. The molecule has 0 spiro atoms. The molecule has 9 unspecified atom stereocenters. The third-order valence-electron chi connectivity index (χ3n) is 8.92. The third kappa shape index (κ3) is 4.57. The Bertz CT molecular complexity index is 1400. The molecule has 7 rings (SSSR count). The van der Waals surface area contributed by atoms with Gasteiger partial charge in [-0.2, -0.15) is 0 Å². The number of aliphatic hydroxyl groups excluding tert-OH is 2. The van der Waals surface area contributed by atoms with Crippen LogP contribution in [0, 0.1) is 11.8 Å². The fourth-order valence-electron chi connectivity index (χ4n) is 6.87. The van der Waals surface area contributed by atoms with Gasteiger partial charge in [0, 0.05) is 11.8 Å². The zero-order chi connectivity index (χ0) is 30.2. The maximum Gasteiger partial charge on any atom is 0.310 e. The van der Waals surface area contributed by atoms with Crippen LogP contribution in [0.15, 0.2) is 24.3 Å². The number of esters is 1. The predicted octanol–water partition coefficient (Wildman–Crippen LogP) is 1.73. The first-order valence-electron chi connectivity index (χ1n) is 14.1. The average molecular weight is 603 g/mol. The molecule has 232 valence electrons. The number of aliphatic hydroxyl groups is 2. The van der Waals surface area contributed by atoms with Gasteiger partial charge in [0.25, 0.3) is 0 Å². The van der Waals surface area contributed by atoms with Gasteiger partial charge in [-0.1, -0.05) is 0 Å². The number of carbonyl (C=O) groups excluding carboxylic acids is 1. The van der Waals surface area contributed by atoms with Gasteiger partial charge in [-0.25, -0.2) is 0 Å². The number of hydrogen-bond acceptors (Lipinski definition) is 13. The molecule has 5 aliphatic rings. The second-order valence-electron chi connectivity index (χ2n) is 11.8. The van der Waals surface area contributed by atoms with Gasteiger partial charge in [0.1, 0.15) is 24.4 Å². The van der Waals surface area contributed by atoms with Crippen LogP contribution in [0.4, 0.5) is 0 Å². The molecule has 43 heavy (non-hydrogen) atoms. The van der Waals surface area contributed by atoms with Crippen LogP contribution < -0.4 is 18.9 Å². The topological polar surface area (TPSA) is 161 Å². The molecule has 4 aliphatic heterocycles. The Morgan fingerprint density at radius 1 is 0.907 bits per heavy atom. The first-order chi connectivity index (χ1) is 20.6. The number of benzene rings is 2. The van der Waals surface area contributed by atoms with Crippen molar-refractivity contribution in [2.45, 2.75) is 62.4 Å². The summed E-state index contributed by atoms with van der Waals surface area (Å²) in [6, 6.07) is 6.93. The van der Waals surface area contributed by atoms with E-state index < -0.39 is 66.3 Å². The molecule has 9 atom stereocenters. The van der Waals surface area contributed by atoms with Crippen molar-refractivity contribution < 1.29 is 62.7 Å². The Morgan fingerprint density at radius 3 is 2.26 bits per heavy atom. The Hall–Kier alpha value is -3.33. The Balaban J connectivity index is 1.31. The van der Waals surface area contributed by atoms with Crippen LogP contribution in [0.25, 0.3) is 0 Å². The second-order valence-corrected chi connectivity index (χ2v) is 11.8. The van der Waals surface area contributed by atoms with Gasteiger partial charge in [-0.15, -0.1) is 0 Å². The van der Waals surface area contributed by atoms with E-state index in [4.69, 9.17) is 42.6 Å². The van der Waals surface area contributed by atoms with Crippen LogP contribution in [0.1, 0.15) is 42.6 Å². The quantitative estimate of drug-likeness (QED) is 0.425. The molecule has 2 aromatic rings. The summed E-state index contributed by atoms with van der Waals surface area (Å²) in [5, 5.41) is 32.7. The van der Waals surface area contributed by atoms with E-state index in [9.17, 15) is 20.1 Å². The SMILES string of the molecule is COc1cc(C2c3cc4c(cc3C(OC3OC5COC(C)(C)OC5C(O)C3O)C3COC(=O)C23)OCO4)cc(OC)c1O. The average Bonchev–Trinajstić information content (AvgIpc) is 3.61. The van der Waals surface area contributed by atoms with Gasteiger partial charge in [0.2, 0.25) is 12.5 Å². The van der Waals surface area contributed by atoms with E-state index in [0.29, 0.717) is 28.2 Å². The van der Waals surface area contributed by atoms with Crippen molar-refractivity contribution >= 4 is 5.97 Å². The van der Waals surface area contributed by atoms with Gasteiger partial charge in [0.05, 0.1) is 39.5 Å². The van der Waals surface area contributed by atoms with Crippen molar-refractivity contribution in [2.75, 3.05) is 34.2 Å². The van der Waals surface area contributed by atoms with E-state index in [1.165, 1.54) is 14.2 Å². The van der Waals surface area contributed by atoms with Gasteiger partial charge in [-0.3, -0.25) is 4.79 Å². The number of methoxy groups -OCH3 is 2. The Kier molecular flexibility index (Phi) is 6.87. The highest BCUT2D eigenvalue weighted by Crippen LogP contribution is 2.57. The Labute approximate surface area is 247 Å². The van der Waals surface area contributed by atoms with Crippen LogP contribution in [-0.4, -0.2) is 92.0 Å². The number of ether oxygens (including phenoxy) is 9. The van der Waals surface area contributed by atoms with Crippen LogP contribution in [0.2, 0.25) is 0 Å². The predicted molar refractivity (Wildman–Crippen MR) is 143 cm³/mol. The van der Waals surface area contributed by atoms with Crippen molar-refractivity contribution in [3.8, 4) is 28.7 Å². The van der Waals surface area contributed by atoms with Crippen LogP contribution in [-0.2, 0) is 28.5 Å². The lowest BCUT2D eigenvalue weighted by Crippen LogP contribution is -2.65. The van der Waals surface area contributed by atoms with Crippen molar-refractivity contribution in [1.29, 1.82) is 0 Å². The molecule has 0 aromatic heterocycles. The standard InChI is InChI=1S/C30H34O13/c1-30(2)40-10-20-27(43-30)24(32)25(33)29(41-20)42-26-14-8-17-16(38-11-39-17)7-13(14)21(22-15(26)9-37-28(22)34)12-5-18(35-3)23(31)19(6-12)36-4/h5-8,15,20-22,24-27,29,31-33H,9-11H2,1-4H3. The first-order valence-corrected chi connectivity index (χ1v) is 14.1. The van der Waals surface area contributed by atoms with Crippen molar-refractivity contribution in [3.05, 3.63) is 41.0 Å². The summed E-state index contributed by atoms with van der Waals surface area (Å²) in [4.78, 5) is 13.4. The molecule has 0 bridgehead atoms. The summed E-state index contributed by atoms with van der Waals surface area (Å²) in [6.07, 6.45) is -6.35. The van der Waals surface area contributed by atoms with Crippen molar-refractivity contribution in [1.82, 2.24) is 0 Å². The summed E-state index contributed by atoms with van der Waals surface area (Å²) >= 11 is 0. The van der Waals surface area contributed by atoms with Crippen LogP contribution in [0.5, 0.6) is 28.7 Å². The Morgan fingerprint density at radius 2 is 1.58 bits per heavy atom. The number of phenols is 1. The molecule has 1 aliphatic carbocycles. The lowest BCUT2D eigenvalue weighted by Gasteiger charge is -2.49. The zero-order valence-electron chi connectivity index (χ0n) is 24.1. The smallest absolute Gasteiger partial charge is 0.310 e. The molecule has 0 saturated carbocycles. The van der Waals surface area contributed by atoms with Crippen LogP contribution >= 0.6 is 0 Å². The number of aromatic hydroxyl groups is 1. The number of phenolic OH excluding ortho intramolecular Hbond substituents is 1. The number of carbonyl (C=O) groups is 1. The molecule has 4 heterocycles. The maximum atomic E-state index is 13.4. The second kappa shape index (κ2) is 10.4. The molecule has 13 nitrogen and oxygen atoms in total. The van der Waals surface area contributed by atoms with E-state index in [1.54, 1.807) is 38.1 Å². The minimum absolute atomic E-state index is 0.0280. The molecular formula is C30H34O13. The van der Waals surface area contributed by atoms with Gasteiger partial charge in [-0.05, 0) is 54.8 Å². The number of fused-ring (bicyclic) bond motifs is 4. The summed E-state index contributed by atoms with van der Waals surface area (Å²) < 4.78 is 52.0. The molecule has 0 radical (unpaired) electrons. The minimum atomic E-state index is -1.45. The third-order valence-corrected chi connectivity index (χ3v) is 8.92. The number of hydrogen-bond donors (Lipinski definition) is 3. The maximum absolute atomic E-state index is 13.4. The summed E-state index contributed by atoms with van der Waals surface area (Å²) in [5.41, 5.74) is 2.01. The van der Waals surface area contributed by atoms with Crippen molar-refractivity contribution in [3.63, 3.8) is 0 Å². The fraction of sp³-hybridized carbons (Fsp3) is 0.567. The summed E-state index contributed by atoms with van der Waals surface area (Å²) in [5.74, 6) is -2.00. The number of rotatable bonds is 5. The molecular weight excluding hydrogens is 568 g/mol. The van der Waals surface area contributed by atoms with E-state index in [2.05, 4.69) is 0 Å². The highest BCUT2D eigenvalue weighted by Gasteiger charge is 2.56. The first kappa shape index (κ1) is 28.4. The van der Waals surface area contributed by atoms with Gasteiger partial charge >= 0.3 is 5.97 Å². The van der Waals surface area contributed by atoms with Crippen molar-refractivity contribution in [2.24, 2.45) is 11.8 Å². The summed E-state index contributed by atoms with van der Waals surface area (Å²) in [7, 11) is 2.86. The van der Waals surface area contributed by atoms with E-state index in [0.717, 1.165) is 0 Å². The lowest BCUT2D eigenvalue weighted by molar-refractivity contribution is -0.388. The molecule has 3 saturated heterocycles. The largest absolute Gasteiger partial charge is 0.502 e. The van der Waals surface area contributed by atoms with E-state index >= 15 is 0 Å². The normalized spacial score (nSPS) is 35.4. The van der Waals surface area contributed by atoms with Crippen LogP contribution in [0.3, 0.4) is 0 Å². The molecule has 2 aromatic carbocycles. The summed E-state index contributed by atoms with van der Waals surface area (Å²) in [6.45, 7) is 3.65. The zero-order valence-corrected chi connectivity index (χ0v) is 24.1. The lowest BCUT2D eigenvalue weighted by atomic mass is 9.66. The van der Waals surface area contributed by atoms with E-state index in [1.807, 2.05) is 0 Å². The number of cyclic esters (lactones) is 1.